The lowest BCUT2D eigenvalue weighted by atomic mass is 9.93. The Morgan fingerprint density at radius 3 is 1.18 bits per heavy atom. The molecule has 0 heterocycles. The van der Waals surface area contributed by atoms with E-state index in [0.29, 0.717) is 0 Å². The van der Waals surface area contributed by atoms with Crippen molar-refractivity contribution in [2.24, 2.45) is 0 Å². The Hall–Kier alpha value is -4.56. The van der Waals surface area contributed by atoms with Crippen molar-refractivity contribution in [1.29, 1.82) is 0 Å². The first-order chi connectivity index (χ1) is 18.5. The van der Waals surface area contributed by atoms with Crippen LogP contribution in [-0.4, -0.2) is 28.2 Å². The summed E-state index contributed by atoms with van der Waals surface area (Å²) in [6.45, 7) is 0. The summed E-state index contributed by atoms with van der Waals surface area (Å²) >= 11 is 0. The monoisotopic (exact) mass is 492 g/mol. The first kappa shape index (κ1) is 23.8. The van der Waals surface area contributed by atoms with Crippen molar-refractivity contribution in [3.63, 3.8) is 0 Å². The van der Waals surface area contributed by atoms with Crippen LogP contribution in [0.4, 0.5) is 11.4 Å². The van der Waals surface area contributed by atoms with Crippen molar-refractivity contribution < 1.29 is 0 Å². The molecule has 0 fully saturated rings. The van der Waals surface area contributed by atoms with Crippen molar-refractivity contribution in [2.45, 2.75) is 0 Å². The fourth-order valence-electron chi connectivity index (χ4n) is 5.36. The molecule has 0 atom stereocenters. The second kappa shape index (κ2) is 9.72. The first-order valence-electron chi connectivity index (χ1n) is 13.1. The van der Waals surface area contributed by atoms with Crippen LogP contribution in [0.1, 0.15) is 11.1 Å². The molecule has 0 radical (unpaired) electrons. The van der Waals surface area contributed by atoms with Crippen LogP contribution in [0.3, 0.4) is 0 Å². The van der Waals surface area contributed by atoms with E-state index in [1.165, 1.54) is 67.0 Å². The third-order valence-electron chi connectivity index (χ3n) is 7.48. The highest BCUT2D eigenvalue weighted by Crippen LogP contribution is 2.48. The molecule has 4 aromatic carbocycles. The van der Waals surface area contributed by atoms with Crippen LogP contribution in [-0.2, 0) is 0 Å². The molecule has 4 aromatic rings. The van der Waals surface area contributed by atoms with Gasteiger partial charge in [0.15, 0.2) is 0 Å². The van der Waals surface area contributed by atoms with Crippen molar-refractivity contribution in [3.05, 3.63) is 138 Å². The molecule has 0 saturated carbocycles. The average molecular weight is 493 g/mol. The van der Waals surface area contributed by atoms with Gasteiger partial charge >= 0.3 is 0 Å². The summed E-state index contributed by atoms with van der Waals surface area (Å²) in [5, 5.41) is 0. The highest BCUT2D eigenvalue weighted by atomic mass is 15.1. The van der Waals surface area contributed by atoms with Crippen LogP contribution >= 0.6 is 0 Å². The van der Waals surface area contributed by atoms with Crippen LogP contribution in [0, 0.1) is 0 Å². The zero-order valence-corrected chi connectivity index (χ0v) is 22.4. The minimum absolute atomic E-state index is 1.21. The van der Waals surface area contributed by atoms with Gasteiger partial charge in [0.05, 0.1) is 0 Å². The molecule has 6 rings (SSSR count). The summed E-state index contributed by atoms with van der Waals surface area (Å²) in [4.78, 5) is 4.27. The van der Waals surface area contributed by atoms with Crippen LogP contribution in [0.2, 0.25) is 0 Å². The maximum atomic E-state index is 2.37. The Balaban J connectivity index is 1.49. The average Bonchev–Trinajstić information content (AvgIpc) is 3.06. The third kappa shape index (κ3) is 4.29. The quantitative estimate of drug-likeness (QED) is 0.248. The molecule has 0 saturated heterocycles. The number of anilines is 2. The van der Waals surface area contributed by atoms with E-state index in [1.807, 2.05) is 0 Å². The highest BCUT2D eigenvalue weighted by molar-refractivity contribution is 6.05. The van der Waals surface area contributed by atoms with Crippen LogP contribution in [0.25, 0.3) is 39.0 Å². The summed E-state index contributed by atoms with van der Waals surface area (Å²) in [7, 11) is 8.31. The van der Waals surface area contributed by atoms with Crippen molar-refractivity contribution in [3.8, 4) is 33.4 Å². The van der Waals surface area contributed by atoms with Gasteiger partial charge in [0, 0.05) is 39.6 Å². The van der Waals surface area contributed by atoms with Gasteiger partial charge in [0.1, 0.15) is 0 Å². The predicted molar refractivity (Wildman–Crippen MR) is 165 cm³/mol. The van der Waals surface area contributed by atoms with Gasteiger partial charge in [-0.25, -0.2) is 0 Å². The Morgan fingerprint density at radius 1 is 0.395 bits per heavy atom. The lowest BCUT2D eigenvalue weighted by Crippen LogP contribution is -2.07. The van der Waals surface area contributed by atoms with Gasteiger partial charge in [0.2, 0.25) is 0 Å². The largest absolute Gasteiger partial charge is 0.378 e. The number of nitrogens with zero attached hydrogens (tertiary/aromatic N) is 2. The van der Waals surface area contributed by atoms with E-state index in [2.05, 4.69) is 159 Å². The molecule has 0 bridgehead atoms. The molecule has 2 aliphatic rings. The zero-order chi connectivity index (χ0) is 26.2. The normalized spacial score (nSPS) is 13.4. The molecular weight excluding hydrogens is 460 g/mol. The topological polar surface area (TPSA) is 6.48 Å². The Bertz CT molecular complexity index is 1510. The Labute approximate surface area is 226 Å². The zero-order valence-electron chi connectivity index (χ0n) is 22.4. The fraction of sp³-hybridized carbons (Fsp3) is 0.111. The van der Waals surface area contributed by atoms with E-state index in [9.17, 15) is 0 Å². The summed E-state index contributed by atoms with van der Waals surface area (Å²) in [5.74, 6) is 0. The third-order valence-corrected chi connectivity index (χ3v) is 7.48. The molecule has 0 aliphatic heterocycles. The minimum Gasteiger partial charge on any atom is -0.378 e. The fourth-order valence-corrected chi connectivity index (χ4v) is 5.36. The van der Waals surface area contributed by atoms with Crippen molar-refractivity contribution >= 4 is 16.9 Å². The van der Waals surface area contributed by atoms with E-state index in [4.69, 9.17) is 0 Å². The molecule has 0 N–H and O–H groups in total. The van der Waals surface area contributed by atoms with E-state index >= 15 is 0 Å². The summed E-state index contributed by atoms with van der Waals surface area (Å²) in [5.41, 5.74) is 15.0. The van der Waals surface area contributed by atoms with Gasteiger partial charge < -0.3 is 9.80 Å². The van der Waals surface area contributed by atoms with Crippen molar-refractivity contribution in [1.82, 2.24) is 0 Å². The molecule has 0 aromatic heterocycles. The second-order valence-electron chi connectivity index (χ2n) is 10.3. The van der Waals surface area contributed by atoms with Gasteiger partial charge in [-0.15, -0.1) is 0 Å². The van der Waals surface area contributed by atoms with Crippen LogP contribution in [0.15, 0.2) is 127 Å². The van der Waals surface area contributed by atoms with Crippen molar-refractivity contribution in [2.75, 3.05) is 38.0 Å². The van der Waals surface area contributed by atoms with E-state index in [-0.39, 0.29) is 0 Å². The lowest BCUT2D eigenvalue weighted by Gasteiger charge is -2.14. The summed E-state index contributed by atoms with van der Waals surface area (Å²) in [6.07, 6.45) is 12.9. The standard InChI is InChI=1S/C36H32N2/c1-37(2)30-17-11-25(12-18-30)28-15-21-32-33-22-16-29(26-13-19-31(20-14-26)38(3)4)24-35(33)36(34(32)23-28)27-9-7-5-6-8-10-27/h5-24H,1-4H3. The number of hydrogen-bond acceptors (Lipinski definition) is 2. The van der Waals surface area contributed by atoms with Crippen LogP contribution in [0.5, 0.6) is 0 Å². The van der Waals surface area contributed by atoms with E-state index in [0.717, 1.165) is 0 Å². The van der Waals surface area contributed by atoms with Gasteiger partial charge in [-0.05, 0) is 92.1 Å². The molecule has 0 amide bonds. The maximum absolute atomic E-state index is 2.37. The molecule has 2 heteroatoms. The Morgan fingerprint density at radius 2 is 0.789 bits per heavy atom. The molecule has 0 unspecified atom stereocenters. The number of rotatable bonds is 4. The first-order valence-corrected chi connectivity index (χ1v) is 13.1. The van der Waals surface area contributed by atoms with E-state index in [1.54, 1.807) is 0 Å². The SMILES string of the molecule is CN(C)c1ccc(-c2ccc3c(c2)C(=C2C=CC=CC=C2)c2cc(-c4ccc(N(C)C)cc4)ccc2-3)cc1. The number of allylic oxidation sites excluding steroid dienone is 7. The molecule has 0 spiro atoms. The van der Waals surface area contributed by atoms with Gasteiger partial charge in [-0.1, -0.05) is 85.0 Å². The van der Waals surface area contributed by atoms with Gasteiger partial charge in [-0.3, -0.25) is 0 Å². The molecule has 2 aliphatic carbocycles. The summed E-state index contributed by atoms with van der Waals surface area (Å²) in [6, 6.07) is 31.5. The number of hydrogen-bond donors (Lipinski definition) is 0. The van der Waals surface area contributed by atoms with Crippen LogP contribution < -0.4 is 9.80 Å². The van der Waals surface area contributed by atoms with Gasteiger partial charge in [-0.2, -0.15) is 0 Å². The highest BCUT2D eigenvalue weighted by Gasteiger charge is 2.26. The molecule has 186 valence electrons. The van der Waals surface area contributed by atoms with E-state index < -0.39 is 0 Å². The number of benzene rings is 4. The Kier molecular flexibility index (Phi) is 6.09. The molecule has 2 nitrogen and oxygen atoms in total. The molecular formula is C36H32N2. The lowest BCUT2D eigenvalue weighted by molar-refractivity contribution is 1.13. The number of fused-ring (bicyclic) bond motifs is 3. The summed E-state index contributed by atoms with van der Waals surface area (Å²) < 4.78 is 0. The molecule has 38 heavy (non-hydrogen) atoms. The minimum atomic E-state index is 1.21. The van der Waals surface area contributed by atoms with Gasteiger partial charge in [0.25, 0.3) is 0 Å². The predicted octanol–water partition coefficient (Wildman–Crippen LogP) is 8.62. The second-order valence-corrected chi connectivity index (χ2v) is 10.3. The maximum Gasteiger partial charge on any atom is 0.0361 e. The smallest absolute Gasteiger partial charge is 0.0361 e.